The minimum absolute atomic E-state index is 0.141. The van der Waals surface area contributed by atoms with Gasteiger partial charge in [-0.25, -0.2) is 0 Å². The van der Waals surface area contributed by atoms with Crippen molar-refractivity contribution in [3.63, 3.8) is 0 Å². The molecule has 0 bridgehead atoms. The fourth-order valence-electron chi connectivity index (χ4n) is 3.42. The molecule has 1 aromatic heterocycles. The van der Waals surface area contributed by atoms with Gasteiger partial charge in [0.05, 0.1) is 19.2 Å². The highest BCUT2D eigenvalue weighted by Crippen LogP contribution is 2.30. The summed E-state index contributed by atoms with van der Waals surface area (Å²) in [5.74, 6) is 0.476. The van der Waals surface area contributed by atoms with Crippen LogP contribution in [0.4, 0.5) is 0 Å². The lowest BCUT2D eigenvalue weighted by Gasteiger charge is -2.34. The number of benzene rings is 1. The highest BCUT2D eigenvalue weighted by molar-refractivity contribution is 7.10. The third-order valence-electron chi connectivity index (χ3n) is 4.71. The smallest absolute Gasteiger partial charge is 0.188 e. The number of fused-ring (bicyclic) bond motifs is 1. The van der Waals surface area contributed by atoms with Gasteiger partial charge in [-0.15, -0.1) is 11.3 Å². The molecule has 2 unspecified atom stereocenters. The Balaban J connectivity index is 1.73. The van der Waals surface area contributed by atoms with Crippen LogP contribution < -0.4 is 11.1 Å². The Morgan fingerprint density at radius 3 is 2.92 bits per heavy atom. The second-order valence-corrected chi connectivity index (χ2v) is 7.74. The summed E-state index contributed by atoms with van der Waals surface area (Å²) in [5.41, 5.74) is 8.82. The van der Waals surface area contributed by atoms with Crippen molar-refractivity contribution in [1.29, 1.82) is 0 Å². The molecule has 0 saturated carbocycles. The van der Waals surface area contributed by atoms with Crippen LogP contribution in [0.2, 0.25) is 0 Å². The van der Waals surface area contributed by atoms with Crippen molar-refractivity contribution in [2.24, 2.45) is 10.7 Å². The van der Waals surface area contributed by atoms with Crippen LogP contribution in [0.5, 0.6) is 0 Å². The number of hydrogen-bond acceptors (Lipinski definition) is 4. The second kappa shape index (κ2) is 9.16. The van der Waals surface area contributed by atoms with Crippen molar-refractivity contribution in [1.82, 2.24) is 10.2 Å². The van der Waals surface area contributed by atoms with E-state index < -0.39 is 0 Å². The predicted octanol–water partition coefficient (Wildman–Crippen LogP) is 2.79. The summed E-state index contributed by atoms with van der Waals surface area (Å²) in [5, 5.41) is 5.39. The maximum atomic E-state index is 6.09. The molecule has 5 nitrogen and oxygen atoms in total. The number of rotatable bonds is 7. The van der Waals surface area contributed by atoms with E-state index in [1.807, 2.05) is 18.3 Å². The number of nitrogens with one attached hydrogen (secondary N) is 1. The Bertz CT molecular complexity index is 716. The number of thiophene rings is 1. The van der Waals surface area contributed by atoms with Crippen LogP contribution in [0.1, 0.15) is 29.0 Å². The molecule has 2 aromatic rings. The van der Waals surface area contributed by atoms with Gasteiger partial charge in [0, 0.05) is 31.1 Å². The molecule has 2 atom stereocenters. The zero-order valence-corrected chi connectivity index (χ0v) is 16.3. The Morgan fingerprint density at radius 1 is 1.35 bits per heavy atom. The molecule has 3 rings (SSSR count). The molecule has 140 valence electrons. The molecule has 6 heteroatoms. The third kappa shape index (κ3) is 4.84. The molecule has 0 fully saturated rings. The van der Waals surface area contributed by atoms with Crippen LogP contribution in [-0.4, -0.2) is 43.7 Å². The van der Waals surface area contributed by atoms with Crippen molar-refractivity contribution >= 4 is 17.3 Å². The highest BCUT2D eigenvalue weighted by atomic mass is 32.1. The van der Waals surface area contributed by atoms with E-state index in [-0.39, 0.29) is 12.1 Å². The summed E-state index contributed by atoms with van der Waals surface area (Å²) >= 11 is 1.87. The molecule has 0 amide bonds. The summed E-state index contributed by atoms with van der Waals surface area (Å²) in [4.78, 5) is 8.66. The first-order valence-corrected chi connectivity index (χ1v) is 9.95. The van der Waals surface area contributed by atoms with Gasteiger partial charge in [0.25, 0.3) is 0 Å². The van der Waals surface area contributed by atoms with Gasteiger partial charge >= 0.3 is 0 Å². The van der Waals surface area contributed by atoms with Crippen molar-refractivity contribution < 1.29 is 4.74 Å². The van der Waals surface area contributed by atoms with E-state index in [1.54, 1.807) is 7.11 Å². The number of nitrogens with zero attached hydrogens (tertiary/aromatic N) is 2. The average Bonchev–Trinajstić information content (AvgIpc) is 3.11. The van der Waals surface area contributed by atoms with E-state index in [9.17, 15) is 0 Å². The van der Waals surface area contributed by atoms with Crippen LogP contribution in [0.3, 0.4) is 0 Å². The van der Waals surface area contributed by atoms with Crippen LogP contribution in [0.15, 0.2) is 46.8 Å². The van der Waals surface area contributed by atoms with E-state index in [1.165, 1.54) is 16.0 Å². The molecular weight excluding hydrogens is 344 g/mol. The van der Waals surface area contributed by atoms with Gasteiger partial charge in [0.1, 0.15) is 0 Å². The lowest BCUT2D eigenvalue weighted by molar-refractivity contribution is 0.178. The first-order chi connectivity index (χ1) is 12.7. The van der Waals surface area contributed by atoms with Gasteiger partial charge < -0.3 is 15.8 Å². The third-order valence-corrected chi connectivity index (χ3v) is 5.73. The molecule has 1 aromatic carbocycles. The van der Waals surface area contributed by atoms with Gasteiger partial charge in [-0.2, -0.15) is 0 Å². The number of guanidine groups is 1. The minimum atomic E-state index is 0.141. The fraction of sp³-hybridized carbons (Fsp3) is 0.450. The predicted molar refractivity (Wildman–Crippen MR) is 109 cm³/mol. The van der Waals surface area contributed by atoms with Crippen molar-refractivity contribution in [2.75, 3.05) is 26.8 Å². The van der Waals surface area contributed by atoms with Gasteiger partial charge in [-0.05, 0) is 35.9 Å². The topological polar surface area (TPSA) is 62.9 Å². The Morgan fingerprint density at radius 2 is 2.15 bits per heavy atom. The maximum Gasteiger partial charge on any atom is 0.188 e. The monoisotopic (exact) mass is 372 g/mol. The molecule has 26 heavy (non-hydrogen) atoms. The van der Waals surface area contributed by atoms with Crippen LogP contribution in [0.25, 0.3) is 0 Å². The SMILES string of the molecule is COCC(C)NC(N)=NCC(c1ccccc1)N1CCc2sccc2C1. The molecule has 0 radical (unpaired) electrons. The zero-order chi connectivity index (χ0) is 18.4. The summed E-state index contributed by atoms with van der Waals surface area (Å²) < 4.78 is 5.14. The first-order valence-electron chi connectivity index (χ1n) is 9.07. The van der Waals surface area contributed by atoms with Crippen LogP contribution >= 0.6 is 11.3 Å². The number of methoxy groups -OCH3 is 1. The summed E-state index contributed by atoms with van der Waals surface area (Å²) in [6.45, 7) is 5.30. The molecule has 0 spiro atoms. The van der Waals surface area contributed by atoms with E-state index in [2.05, 4.69) is 57.0 Å². The lowest BCUT2D eigenvalue weighted by atomic mass is 10.0. The number of ether oxygens (including phenoxy) is 1. The second-order valence-electron chi connectivity index (χ2n) is 6.74. The molecular formula is C20H28N4OS. The number of hydrogen-bond donors (Lipinski definition) is 2. The van der Waals surface area contributed by atoms with E-state index in [0.717, 1.165) is 19.5 Å². The van der Waals surface area contributed by atoms with Gasteiger partial charge in [-0.3, -0.25) is 9.89 Å². The first kappa shape index (κ1) is 18.9. The Kier molecular flexibility index (Phi) is 6.66. The average molecular weight is 373 g/mol. The fourth-order valence-corrected chi connectivity index (χ4v) is 4.31. The normalized spacial score (nSPS) is 17.5. The van der Waals surface area contributed by atoms with E-state index in [0.29, 0.717) is 19.1 Å². The van der Waals surface area contributed by atoms with E-state index >= 15 is 0 Å². The number of nitrogens with two attached hydrogens (primary N) is 1. The lowest BCUT2D eigenvalue weighted by Crippen LogP contribution is -2.41. The molecule has 1 aliphatic rings. The highest BCUT2D eigenvalue weighted by Gasteiger charge is 2.25. The quantitative estimate of drug-likeness (QED) is 0.579. The molecule has 1 aliphatic heterocycles. The molecule has 0 aliphatic carbocycles. The van der Waals surface area contributed by atoms with E-state index in [4.69, 9.17) is 10.5 Å². The Labute approximate surface area is 159 Å². The summed E-state index contributed by atoms with van der Waals surface area (Å²) in [7, 11) is 1.69. The molecule has 0 saturated heterocycles. The van der Waals surface area contributed by atoms with Crippen LogP contribution in [0, 0.1) is 0 Å². The van der Waals surface area contributed by atoms with Crippen molar-refractivity contribution in [3.8, 4) is 0 Å². The zero-order valence-electron chi connectivity index (χ0n) is 15.5. The largest absolute Gasteiger partial charge is 0.383 e. The maximum absolute atomic E-state index is 6.09. The standard InChI is InChI=1S/C20H28N4OS/c1-15(14-25-2)23-20(21)22-12-18(16-6-4-3-5-7-16)24-10-8-19-17(13-24)9-11-26-19/h3-7,9,11,15,18H,8,10,12-14H2,1-2H3,(H3,21,22,23). The number of aliphatic imine (C=N–C) groups is 1. The van der Waals surface area contributed by atoms with Crippen molar-refractivity contribution in [2.45, 2.75) is 32.0 Å². The van der Waals surface area contributed by atoms with Crippen LogP contribution in [-0.2, 0) is 17.7 Å². The van der Waals surface area contributed by atoms with Gasteiger partial charge in [0.2, 0.25) is 0 Å². The molecule has 2 heterocycles. The minimum Gasteiger partial charge on any atom is -0.383 e. The summed E-state index contributed by atoms with van der Waals surface area (Å²) in [6.07, 6.45) is 1.11. The van der Waals surface area contributed by atoms with Gasteiger partial charge in [0.15, 0.2) is 5.96 Å². The Hall–Kier alpha value is -1.89. The van der Waals surface area contributed by atoms with Gasteiger partial charge in [-0.1, -0.05) is 30.3 Å². The summed E-state index contributed by atoms with van der Waals surface area (Å²) in [6, 6.07) is 13.2. The van der Waals surface area contributed by atoms with Crippen molar-refractivity contribution in [3.05, 3.63) is 57.8 Å². The molecule has 3 N–H and O–H groups in total.